The minimum atomic E-state index is -0.122. The highest BCUT2D eigenvalue weighted by atomic mass is 35.5. The number of urea groups is 1. The maximum Gasteiger partial charge on any atom is 0.415 e. The molecule has 0 unspecified atom stereocenters. The van der Waals surface area contributed by atoms with Gasteiger partial charge in [-0.3, -0.25) is 4.58 Å². The van der Waals surface area contributed by atoms with Gasteiger partial charge in [-0.05, 0) is 18.6 Å². The SMILES string of the molecule is Cc1ccc(N(C=[N+](C)C)C(=O)N(C)C)cc1Cl.[Cl-]. The minimum absolute atomic E-state index is 0. The number of rotatable bonds is 2. The average molecular weight is 304 g/mol. The molecule has 2 amide bonds. The number of hydrogen-bond acceptors (Lipinski definition) is 1. The number of halogens is 2. The molecule has 0 heterocycles. The van der Waals surface area contributed by atoms with E-state index in [0.717, 1.165) is 11.3 Å². The quantitative estimate of drug-likeness (QED) is 0.409. The number of benzene rings is 1. The highest BCUT2D eigenvalue weighted by Crippen LogP contribution is 2.23. The number of anilines is 1. The third-order valence-corrected chi connectivity index (χ3v) is 2.78. The summed E-state index contributed by atoms with van der Waals surface area (Å²) in [5, 5.41) is 0.649. The van der Waals surface area contributed by atoms with Crippen LogP contribution in [-0.4, -0.2) is 50.0 Å². The number of aryl methyl sites for hydroxylation is 1. The van der Waals surface area contributed by atoms with E-state index >= 15 is 0 Å². The van der Waals surface area contributed by atoms with Crippen LogP contribution in [0.1, 0.15) is 5.56 Å². The zero-order chi connectivity index (χ0) is 13.9. The van der Waals surface area contributed by atoms with Gasteiger partial charge in [0.05, 0.1) is 14.1 Å². The zero-order valence-corrected chi connectivity index (χ0v) is 13.3. The molecule has 1 aromatic rings. The van der Waals surface area contributed by atoms with Gasteiger partial charge in [-0.2, -0.15) is 0 Å². The van der Waals surface area contributed by atoms with Crippen LogP contribution in [0.15, 0.2) is 18.2 Å². The molecule has 106 valence electrons. The number of carbonyl (C=O) groups is 1. The van der Waals surface area contributed by atoms with Gasteiger partial charge < -0.3 is 17.3 Å². The second kappa shape index (κ2) is 7.36. The summed E-state index contributed by atoms with van der Waals surface area (Å²) in [6.45, 7) is 1.93. The van der Waals surface area contributed by atoms with E-state index in [0.29, 0.717) is 5.02 Å². The van der Waals surface area contributed by atoms with E-state index < -0.39 is 0 Å². The van der Waals surface area contributed by atoms with Crippen molar-refractivity contribution in [3.05, 3.63) is 28.8 Å². The van der Waals surface area contributed by atoms with Gasteiger partial charge in [0.2, 0.25) is 6.34 Å². The molecule has 0 bridgehead atoms. The van der Waals surface area contributed by atoms with Gasteiger partial charge >= 0.3 is 6.03 Å². The highest BCUT2D eigenvalue weighted by molar-refractivity contribution is 6.31. The summed E-state index contributed by atoms with van der Waals surface area (Å²) in [7, 11) is 7.17. The number of nitrogens with zero attached hydrogens (tertiary/aromatic N) is 3. The van der Waals surface area contributed by atoms with Crippen molar-refractivity contribution in [2.24, 2.45) is 0 Å². The lowest BCUT2D eigenvalue weighted by Crippen LogP contribution is -3.00. The Morgan fingerprint density at radius 3 is 2.32 bits per heavy atom. The fourth-order valence-electron chi connectivity index (χ4n) is 1.40. The van der Waals surface area contributed by atoms with Crippen LogP contribution < -0.4 is 17.3 Å². The molecule has 0 N–H and O–H groups in total. The largest absolute Gasteiger partial charge is 1.00 e. The van der Waals surface area contributed by atoms with E-state index in [1.54, 1.807) is 31.4 Å². The molecule has 0 radical (unpaired) electrons. The summed E-state index contributed by atoms with van der Waals surface area (Å²) in [6, 6.07) is 5.45. The summed E-state index contributed by atoms with van der Waals surface area (Å²) in [5.74, 6) is 0. The Bertz CT molecular complexity index is 483. The molecular weight excluding hydrogens is 285 g/mol. The van der Waals surface area contributed by atoms with Crippen molar-refractivity contribution in [3.8, 4) is 0 Å². The van der Waals surface area contributed by atoms with Crippen LogP contribution in [0.5, 0.6) is 0 Å². The number of hydrogen-bond donors (Lipinski definition) is 0. The standard InChI is InChI=1S/C13H19ClN3O.ClH/c1-10-6-7-11(8-12(10)14)17(9-15(2)3)13(18)16(4)5;/h6-9H,1-5H3;1H/q+1;/p-1. The van der Waals surface area contributed by atoms with Crippen molar-refractivity contribution >= 4 is 29.7 Å². The summed E-state index contributed by atoms with van der Waals surface area (Å²) in [5.41, 5.74) is 1.74. The van der Waals surface area contributed by atoms with Crippen LogP contribution in [0.4, 0.5) is 10.5 Å². The lowest BCUT2D eigenvalue weighted by atomic mass is 10.2. The smallest absolute Gasteiger partial charge is 0.415 e. The highest BCUT2D eigenvalue weighted by Gasteiger charge is 2.24. The molecule has 1 rings (SSSR count). The fourth-order valence-corrected chi connectivity index (χ4v) is 1.58. The topological polar surface area (TPSA) is 26.6 Å². The summed E-state index contributed by atoms with van der Waals surface area (Å²) < 4.78 is 1.81. The third kappa shape index (κ3) is 4.73. The van der Waals surface area contributed by atoms with Crippen LogP contribution in [0.2, 0.25) is 5.02 Å². The molecule has 0 saturated heterocycles. The maximum absolute atomic E-state index is 12.1. The minimum Gasteiger partial charge on any atom is -1.00 e. The van der Waals surface area contributed by atoms with E-state index in [2.05, 4.69) is 0 Å². The Morgan fingerprint density at radius 2 is 1.89 bits per heavy atom. The molecule has 0 atom stereocenters. The van der Waals surface area contributed by atoms with E-state index in [4.69, 9.17) is 11.6 Å². The molecular formula is C13H19Cl2N3O. The molecule has 0 saturated carbocycles. The van der Waals surface area contributed by atoms with Gasteiger partial charge in [0.15, 0.2) is 0 Å². The molecule has 1 aromatic carbocycles. The fraction of sp³-hybridized carbons (Fsp3) is 0.385. The Labute approximate surface area is 125 Å². The number of amides is 2. The normalized spacial score (nSPS) is 9.37. The van der Waals surface area contributed by atoms with Gasteiger partial charge in [0.1, 0.15) is 5.69 Å². The number of carbonyl (C=O) groups excluding carboxylic acids is 1. The third-order valence-electron chi connectivity index (χ3n) is 2.37. The Hall–Kier alpha value is -1.26. The van der Waals surface area contributed by atoms with Crippen molar-refractivity contribution < 1.29 is 21.8 Å². The first kappa shape index (κ1) is 17.7. The second-order valence-corrected chi connectivity index (χ2v) is 4.97. The molecule has 6 heteroatoms. The van der Waals surface area contributed by atoms with Gasteiger partial charge in [-0.1, -0.05) is 17.7 Å². The Morgan fingerprint density at radius 1 is 1.32 bits per heavy atom. The molecule has 0 aromatic heterocycles. The Balaban J connectivity index is 0.00000324. The molecule has 19 heavy (non-hydrogen) atoms. The summed E-state index contributed by atoms with van der Waals surface area (Å²) >= 11 is 6.10. The van der Waals surface area contributed by atoms with Crippen LogP contribution >= 0.6 is 11.6 Å². The van der Waals surface area contributed by atoms with E-state index in [1.165, 1.54) is 4.90 Å². The van der Waals surface area contributed by atoms with E-state index in [9.17, 15) is 4.79 Å². The van der Waals surface area contributed by atoms with Crippen molar-refractivity contribution in [1.29, 1.82) is 0 Å². The van der Waals surface area contributed by atoms with Gasteiger partial charge in [0.25, 0.3) is 0 Å². The summed E-state index contributed by atoms with van der Waals surface area (Å²) in [4.78, 5) is 15.2. The zero-order valence-electron chi connectivity index (χ0n) is 11.8. The van der Waals surface area contributed by atoms with Gasteiger partial charge in [-0.25, -0.2) is 4.79 Å². The molecule has 0 aliphatic carbocycles. The van der Waals surface area contributed by atoms with Crippen molar-refractivity contribution in [2.75, 3.05) is 33.1 Å². The summed E-state index contributed by atoms with van der Waals surface area (Å²) in [6.07, 6.45) is 1.73. The van der Waals surface area contributed by atoms with Crippen molar-refractivity contribution in [3.63, 3.8) is 0 Å². The van der Waals surface area contributed by atoms with Crippen LogP contribution in [0, 0.1) is 6.92 Å². The second-order valence-electron chi connectivity index (χ2n) is 4.56. The van der Waals surface area contributed by atoms with Gasteiger partial charge in [-0.15, -0.1) is 4.90 Å². The Kier molecular flexibility index (Phi) is 6.87. The van der Waals surface area contributed by atoms with E-state index in [1.807, 2.05) is 37.7 Å². The first-order valence-electron chi connectivity index (χ1n) is 5.61. The lowest BCUT2D eigenvalue weighted by molar-refractivity contribution is -0.460. The molecule has 0 aliphatic rings. The predicted molar refractivity (Wildman–Crippen MR) is 75.9 cm³/mol. The molecule has 4 nitrogen and oxygen atoms in total. The van der Waals surface area contributed by atoms with E-state index in [-0.39, 0.29) is 18.4 Å². The first-order chi connectivity index (χ1) is 8.32. The monoisotopic (exact) mass is 303 g/mol. The van der Waals surface area contributed by atoms with Crippen molar-refractivity contribution in [2.45, 2.75) is 6.92 Å². The molecule has 0 aliphatic heterocycles. The maximum atomic E-state index is 12.1. The predicted octanol–water partition coefficient (Wildman–Crippen LogP) is -0.559. The average Bonchev–Trinajstić information content (AvgIpc) is 2.28. The van der Waals surface area contributed by atoms with Crippen molar-refractivity contribution in [1.82, 2.24) is 4.90 Å². The van der Waals surface area contributed by atoms with Crippen LogP contribution in [-0.2, 0) is 0 Å². The molecule has 0 spiro atoms. The van der Waals surface area contributed by atoms with Gasteiger partial charge in [0, 0.05) is 25.2 Å². The first-order valence-corrected chi connectivity index (χ1v) is 5.99. The molecule has 0 fully saturated rings. The van der Waals surface area contributed by atoms with Crippen LogP contribution in [0.25, 0.3) is 0 Å². The van der Waals surface area contributed by atoms with Crippen LogP contribution in [0.3, 0.4) is 0 Å². The lowest BCUT2D eigenvalue weighted by Gasteiger charge is -2.16.